The first-order valence-electron chi connectivity index (χ1n) is 7.02. The van der Waals surface area contributed by atoms with Crippen molar-refractivity contribution < 1.29 is 9.47 Å². The second-order valence-corrected chi connectivity index (χ2v) is 6.88. The predicted octanol–water partition coefficient (Wildman–Crippen LogP) is 2.79. The van der Waals surface area contributed by atoms with Crippen LogP contribution < -0.4 is 14.8 Å². The fraction of sp³-hybridized carbons (Fsp3) is 0.533. The smallest absolute Gasteiger partial charge is 0.184 e. The van der Waals surface area contributed by atoms with E-state index < -0.39 is 5.72 Å². The third-order valence-electron chi connectivity index (χ3n) is 4.14. The van der Waals surface area contributed by atoms with Crippen LogP contribution in [-0.4, -0.2) is 41.4 Å². The number of hydrogen-bond acceptors (Lipinski definition) is 4. The zero-order valence-corrected chi connectivity index (χ0v) is 14.1. The third-order valence-corrected chi connectivity index (χ3v) is 5.07. The van der Waals surface area contributed by atoms with E-state index in [0.29, 0.717) is 0 Å². The lowest BCUT2D eigenvalue weighted by Crippen LogP contribution is -2.65. The van der Waals surface area contributed by atoms with Gasteiger partial charge in [-0.15, -0.1) is 0 Å². The summed E-state index contributed by atoms with van der Waals surface area (Å²) in [7, 11) is 1.68. The lowest BCUT2D eigenvalue weighted by atomic mass is 9.90. The number of nitrogens with one attached hydrogen (secondary N) is 1. The van der Waals surface area contributed by atoms with E-state index in [1.54, 1.807) is 7.11 Å². The number of rotatable bonds is 4. The standard InChI is InChI=1S/C15H20N2O2S2/c1-15-9-11(16-14(20)17(15)7-8-21-3)10-5-4-6-12(18-2)13(10)19-15/h4-6,11H,7-9H2,1-3H3,(H,16,20). The summed E-state index contributed by atoms with van der Waals surface area (Å²) in [6.45, 7) is 2.99. The Labute approximate surface area is 135 Å². The molecule has 0 aromatic heterocycles. The van der Waals surface area contributed by atoms with Crippen molar-refractivity contribution >= 4 is 29.1 Å². The molecule has 0 radical (unpaired) electrons. The van der Waals surface area contributed by atoms with Crippen LogP contribution in [0, 0.1) is 0 Å². The van der Waals surface area contributed by atoms with Gasteiger partial charge in [0.2, 0.25) is 0 Å². The maximum Gasteiger partial charge on any atom is 0.184 e. The first-order chi connectivity index (χ1) is 10.1. The Morgan fingerprint density at radius 1 is 1.57 bits per heavy atom. The summed E-state index contributed by atoms with van der Waals surface area (Å²) < 4.78 is 11.8. The topological polar surface area (TPSA) is 33.7 Å². The summed E-state index contributed by atoms with van der Waals surface area (Å²) in [5.74, 6) is 2.63. The summed E-state index contributed by atoms with van der Waals surface area (Å²) >= 11 is 7.36. The van der Waals surface area contributed by atoms with Gasteiger partial charge in [-0.3, -0.25) is 0 Å². The van der Waals surface area contributed by atoms with Crippen molar-refractivity contribution in [1.82, 2.24) is 10.2 Å². The zero-order valence-electron chi connectivity index (χ0n) is 12.5. The van der Waals surface area contributed by atoms with Gasteiger partial charge in [-0.05, 0) is 31.5 Å². The predicted molar refractivity (Wildman–Crippen MR) is 90.2 cm³/mol. The molecule has 21 heavy (non-hydrogen) atoms. The van der Waals surface area contributed by atoms with Gasteiger partial charge in [0, 0.05) is 24.3 Å². The van der Waals surface area contributed by atoms with Crippen LogP contribution in [-0.2, 0) is 0 Å². The summed E-state index contributed by atoms with van der Waals surface area (Å²) in [5.41, 5.74) is 0.711. The molecule has 4 nitrogen and oxygen atoms in total. The highest BCUT2D eigenvalue weighted by molar-refractivity contribution is 7.98. The van der Waals surface area contributed by atoms with Gasteiger partial charge >= 0.3 is 0 Å². The highest BCUT2D eigenvalue weighted by Gasteiger charge is 2.48. The largest absolute Gasteiger partial charge is 0.493 e. The van der Waals surface area contributed by atoms with E-state index in [4.69, 9.17) is 21.7 Å². The van der Waals surface area contributed by atoms with E-state index >= 15 is 0 Å². The minimum atomic E-state index is -0.412. The first-order valence-corrected chi connectivity index (χ1v) is 8.82. The Morgan fingerprint density at radius 3 is 3.10 bits per heavy atom. The molecule has 0 aliphatic carbocycles. The number of para-hydroxylation sites is 1. The number of methoxy groups -OCH3 is 1. The molecule has 0 spiro atoms. The Balaban J connectivity index is 1.99. The van der Waals surface area contributed by atoms with Crippen molar-refractivity contribution in [3.8, 4) is 11.5 Å². The van der Waals surface area contributed by atoms with Gasteiger partial charge in [-0.1, -0.05) is 12.1 Å². The lowest BCUT2D eigenvalue weighted by molar-refractivity contribution is -0.0668. The van der Waals surface area contributed by atoms with E-state index in [1.807, 2.05) is 23.9 Å². The number of nitrogens with zero attached hydrogens (tertiary/aromatic N) is 1. The van der Waals surface area contributed by atoms with Crippen LogP contribution in [0.5, 0.6) is 11.5 Å². The molecule has 114 valence electrons. The maximum atomic E-state index is 6.36. The second kappa shape index (κ2) is 5.57. The number of thioether (sulfide) groups is 1. The summed E-state index contributed by atoms with van der Waals surface area (Å²) in [5, 5.41) is 4.23. The van der Waals surface area contributed by atoms with Crippen molar-refractivity contribution in [2.75, 3.05) is 25.7 Å². The highest BCUT2D eigenvalue weighted by Crippen LogP contribution is 2.47. The van der Waals surface area contributed by atoms with Crippen molar-refractivity contribution in [2.24, 2.45) is 0 Å². The monoisotopic (exact) mass is 324 g/mol. The van der Waals surface area contributed by atoms with Crippen LogP contribution in [0.3, 0.4) is 0 Å². The minimum Gasteiger partial charge on any atom is -0.493 e. The SMILES string of the molecule is COc1cccc2c1OC1(C)CC2NC(=S)N1CCSC. The Hall–Kier alpha value is -1.14. The summed E-state index contributed by atoms with van der Waals surface area (Å²) in [6.07, 6.45) is 2.98. The maximum absolute atomic E-state index is 6.36. The normalized spacial score (nSPS) is 26.7. The zero-order chi connectivity index (χ0) is 15.0. The van der Waals surface area contributed by atoms with Crippen molar-refractivity contribution in [3.05, 3.63) is 23.8 Å². The van der Waals surface area contributed by atoms with Crippen LogP contribution in [0.2, 0.25) is 0 Å². The Bertz CT molecular complexity index is 567. The van der Waals surface area contributed by atoms with Crippen molar-refractivity contribution in [3.63, 3.8) is 0 Å². The molecule has 1 aromatic carbocycles. The molecule has 2 unspecified atom stereocenters. The van der Waals surface area contributed by atoms with Gasteiger partial charge in [0.1, 0.15) is 0 Å². The van der Waals surface area contributed by atoms with E-state index in [1.165, 1.54) is 0 Å². The quantitative estimate of drug-likeness (QED) is 0.858. The molecule has 2 atom stereocenters. The van der Waals surface area contributed by atoms with Crippen molar-refractivity contribution in [2.45, 2.75) is 25.1 Å². The molecule has 2 bridgehead atoms. The summed E-state index contributed by atoms with van der Waals surface area (Å²) in [4.78, 5) is 2.16. The van der Waals surface area contributed by atoms with Gasteiger partial charge in [-0.25, -0.2) is 0 Å². The molecule has 1 N–H and O–H groups in total. The molecule has 0 amide bonds. The summed E-state index contributed by atoms with van der Waals surface area (Å²) in [6, 6.07) is 6.20. The third kappa shape index (κ3) is 2.44. The van der Waals surface area contributed by atoms with E-state index in [9.17, 15) is 0 Å². The van der Waals surface area contributed by atoms with Gasteiger partial charge in [0.25, 0.3) is 0 Å². The van der Waals surface area contributed by atoms with Gasteiger partial charge < -0.3 is 19.7 Å². The molecule has 2 aliphatic rings. The van der Waals surface area contributed by atoms with Gasteiger partial charge in [0.05, 0.1) is 13.2 Å². The fourth-order valence-corrected chi connectivity index (χ4v) is 3.88. The second-order valence-electron chi connectivity index (χ2n) is 5.51. The lowest BCUT2D eigenvalue weighted by Gasteiger charge is -2.52. The molecular formula is C15H20N2O2S2. The molecule has 0 saturated carbocycles. The van der Waals surface area contributed by atoms with E-state index in [2.05, 4.69) is 29.5 Å². The average molecular weight is 324 g/mol. The van der Waals surface area contributed by atoms with Gasteiger partial charge in [-0.2, -0.15) is 11.8 Å². The van der Waals surface area contributed by atoms with E-state index in [-0.39, 0.29) is 6.04 Å². The molecule has 1 fully saturated rings. The Kier molecular flexibility index (Phi) is 3.92. The minimum absolute atomic E-state index is 0.187. The number of ether oxygens (including phenoxy) is 2. The van der Waals surface area contributed by atoms with Crippen LogP contribution in [0.1, 0.15) is 24.9 Å². The molecule has 6 heteroatoms. The number of thiocarbonyl (C=S) groups is 1. The highest BCUT2D eigenvalue weighted by atomic mass is 32.2. The molecular weight excluding hydrogens is 304 g/mol. The molecule has 1 aromatic rings. The number of fused-ring (bicyclic) bond motifs is 4. The molecule has 1 saturated heterocycles. The fourth-order valence-electron chi connectivity index (χ4n) is 3.08. The van der Waals surface area contributed by atoms with Crippen LogP contribution in [0.15, 0.2) is 18.2 Å². The molecule has 2 heterocycles. The number of benzene rings is 1. The Morgan fingerprint density at radius 2 is 2.38 bits per heavy atom. The first kappa shape index (κ1) is 14.8. The van der Waals surface area contributed by atoms with Crippen molar-refractivity contribution in [1.29, 1.82) is 0 Å². The molecule has 2 aliphatic heterocycles. The van der Waals surface area contributed by atoms with Crippen LogP contribution in [0.4, 0.5) is 0 Å². The molecule has 3 rings (SSSR count). The van der Waals surface area contributed by atoms with Crippen LogP contribution in [0.25, 0.3) is 0 Å². The van der Waals surface area contributed by atoms with Gasteiger partial charge in [0.15, 0.2) is 22.3 Å². The van der Waals surface area contributed by atoms with Crippen LogP contribution >= 0.6 is 24.0 Å². The van der Waals surface area contributed by atoms with E-state index in [0.717, 1.165) is 40.9 Å². The number of hydrogen-bond donors (Lipinski definition) is 1. The average Bonchev–Trinajstić information content (AvgIpc) is 2.46.